The highest BCUT2D eigenvalue weighted by Gasteiger charge is 2.48. The van der Waals surface area contributed by atoms with Crippen LogP contribution in [-0.2, 0) is 32.7 Å². The molecule has 0 saturated carbocycles. The zero-order valence-electron chi connectivity index (χ0n) is 13.5. The highest BCUT2D eigenvalue weighted by Crippen LogP contribution is 2.48. The molecule has 0 saturated heterocycles. The number of carbonyl (C=O) groups is 1. The molecule has 0 spiro atoms. The van der Waals surface area contributed by atoms with Gasteiger partial charge in [-0.1, -0.05) is 29.8 Å². The summed E-state index contributed by atoms with van der Waals surface area (Å²) in [5.74, 6) is -2.21. The van der Waals surface area contributed by atoms with E-state index in [1.54, 1.807) is 18.2 Å². The average Bonchev–Trinajstić information content (AvgIpc) is 2.86. The summed E-state index contributed by atoms with van der Waals surface area (Å²) in [7, 11) is 0. The molecule has 1 unspecified atom stereocenters. The summed E-state index contributed by atoms with van der Waals surface area (Å²) < 4.78 is 51.9. The van der Waals surface area contributed by atoms with Crippen LogP contribution in [0, 0.1) is 0 Å². The lowest BCUT2D eigenvalue weighted by Gasteiger charge is -2.38. The van der Waals surface area contributed by atoms with Gasteiger partial charge in [-0.2, -0.15) is 13.2 Å². The fourth-order valence-electron chi connectivity index (χ4n) is 3.46. The maximum absolute atomic E-state index is 13.5. The lowest BCUT2D eigenvalue weighted by atomic mass is 9.89. The third kappa shape index (κ3) is 2.38. The summed E-state index contributed by atoms with van der Waals surface area (Å²) in [6.45, 7) is 1.32. The summed E-state index contributed by atoms with van der Waals surface area (Å²) in [4.78, 5) is 14.6. The van der Waals surface area contributed by atoms with Gasteiger partial charge in [-0.25, -0.2) is 0 Å². The molecule has 136 valence electrons. The molecule has 4 rings (SSSR count). The van der Waals surface area contributed by atoms with E-state index in [0.717, 1.165) is 6.07 Å². The van der Waals surface area contributed by atoms with E-state index < -0.39 is 23.5 Å². The van der Waals surface area contributed by atoms with Gasteiger partial charge in [-0.05, 0) is 24.1 Å². The van der Waals surface area contributed by atoms with Gasteiger partial charge in [-0.3, -0.25) is 4.79 Å². The Morgan fingerprint density at radius 2 is 2.12 bits per heavy atom. The summed E-state index contributed by atoms with van der Waals surface area (Å²) in [6, 6.07) is 2.16. The van der Waals surface area contributed by atoms with Gasteiger partial charge in [-0.15, -0.1) is 0 Å². The molecular formula is C18H13ClF3NO3. The van der Waals surface area contributed by atoms with Crippen LogP contribution in [0.1, 0.15) is 23.7 Å². The van der Waals surface area contributed by atoms with Crippen LogP contribution in [0.5, 0.6) is 0 Å². The van der Waals surface area contributed by atoms with Crippen LogP contribution in [0.2, 0.25) is 5.02 Å². The van der Waals surface area contributed by atoms with Crippen molar-refractivity contribution in [3.8, 4) is 0 Å². The topological polar surface area (TPSA) is 51.3 Å². The van der Waals surface area contributed by atoms with E-state index in [1.807, 2.05) is 0 Å². The summed E-state index contributed by atoms with van der Waals surface area (Å²) in [6.07, 6.45) is 0.802. The van der Waals surface area contributed by atoms with E-state index in [1.165, 1.54) is 13.0 Å². The Bertz CT molecular complexity index is 990. The minimum atomic E-state index is -4.54. The van der Waals surface area contributed by atoms with Crippen molar-refractivity contribution in [1.82, 2.24) is 4.98 Å². The predicted molar refractivity (Wildman–Crippen MR) is 88.6 cm³/mol. The molecule has 8 heteroatoms. The third-order valence-corrected chi connectivity index (χ3v) is 4.83. The second-order valence-electron chi connectivity index (χ2n) is 6.11. The van der Waals surface area contributed by atoms with E-state index in [2.05, 4.69) is 4.98 Å². The number of alkyl halides is 3. The number of rotatable bonds is 2. The maximum atomic E-state index is 13.5. The first kappa shape index (κ1) is 17.2. The number of aromatic nitrogens is 1. The molecule has 2 aromatic rings. The zero-order chi connectivity index (χ0) is 18.7. The first-order chi connectivity index (χ1) is 12.2. The van der Waals surface area contributed by atoms with Crippen LogP contribution in [0.25, 0.3) is 10.9 Å². The number of halogens is 4. The smallest absolute Gasteiger partial charge is 0.417 e. The van der Waals surface area contributed by atoms with E-state index in [-0.39, 0.29) is 34.6 Å². The first-order valence-electron chi connectivity index (χ1n) is 7.87. The summed E-state index contributed by atoms with van der Waals surface area (Å²) >= 11 is 6.15. The minimum absolute atomic E-state index is 0.0104. The third-order valence-electron chi connectivity index (χ3n) is 4.52. The van der Waals surface area contributed by atoms with Gasteiger partial charge < -0.3 is 14.5 Å². The van der Waals surface area contributed by atoms with Crippen LogP contribution >= 0.6 is 11.6 Å². The molecule has 1 N–H and O–H groups in total. The molecule has 26 heavy (non-hydrogen) atoms. The molecule has 0 fully saturated rings. The van der Waals surface area contributed by atoms with Gasteiger partial charge in [0, 0.05) is 17.9 Å². The maximum Gasteiger partial charge on any atom is 0.417 e. The van der Waals surface area contributed by atoms with Crippen molar-refractivity contribution in [2.24, 2.45) is 0 Å². The normalized spacial score (nSPS) is 22.0. The Morgan fingerprint density at radius 1 is 1.38 bits per heavy atom. The van der Waals surface area contributed by atoms with Crippen LogP contribution < -0.4 is 0 Å². The summed E-state index contributed by atoms with van der Waals surface area (Å²) in [5, 5.41) is 0.140. The largest absolute Gasteiger partial charge is 0.422 e. The number of benzene rings is 1. The van der Waals surface area contributed by atoms with Gasteiger partial charge in [0.05, 0.1) is 28.4 Å². The Kier molecular flexibility index (Phi) is 3.71. The quantitative estimate of drug-likeness (QED) is 0.769. The molecule has 1 aromatic heterocycles. The molecule has 0 amide bonds. The van der Waals surface area contributed by atoms with Crippen molar-refractivity contribution in [2.75, 3.05) is 6.61 Å². The second-order valence-corrected chi connectivity index (χ2v) is 6.52. The van der Waals surface area contributed by atoms with Gasteiger partial charge >= 0.3 is 12.1 Å². The number of H-pyrrole nitrogens is 1. The lowest BCUT2D eigenvalue weighted by Crippen LogP contribution is -2.42. The molecule has 2 heterocycles. The molecule has 1 aromatic carbocycles. The molecule has 4 nitrogen and oxygen atoms in total. The number of ether oxygens (including phenoxy) is 2. The van der Waals surface area contributed by atoms with Gasteiger partial charge in [0.2, 0.25) is 0 Å². The highest BCUT2D eigenvalue weighted by atomic mass is 35.5. The Morgan fingerprint density at radius 3 is 2.69 bits per heavy atom. The summed E-state index contributed by atoms with van der Waals surface area (Å²) in [5.41, 5.74) is 0.570. The number of hydrogen-bond donors (Lipinski definition) is 1. The molecule has 0 bridgehead atoms. The lowest BCUT2D eigenvalue weighted by molar-refractivity contribution is -0.223. The van der Waals surface area contributed by atoms with Crippen molar-refractivity contribution in [3.63, 3.8) is 0 Å². The fourth-order valence-corrected chi connectivity index (χ4v) is 3.66. The number of carbonyl (C=O) groups excluding carboxylic acids is 1. The molecule has 1 atom stereocenters. The first-order valence-corrected chi connectivity index (χ1v) is 8.25. The highest BCUT2D eigenvalue weighted by molar-refractivity contribution is 6.35. The standard InChI is InChI=1S/C18H13ClF3NO3/c1-9(24)26-17(10-3-2-4-10)16-11(7-8-25-17)14-12(18(20,21)22)5-6-13(19)15(14)23-16/h2-6,23H,7-8H2,1H3. The number of allylic oxidation sites excluding steroid dienone is 2. The number of hydrogen-bond acceptors (Lipinski definition) is 3. The van der Waals surface area contributed by atoms with Crippen LogP contribution in [0.15, 0.2) is 35.9 Å². The zero-order valence-corrected chi connectivity index (χ0v) is 14.3. The number of nitrogens with one attached hydrogen (secondary N) is 1. The Balaban J connectivity index is 2.04. The van der Waals surface area contributed by atoms with Gasteiger partial charge in [0.1, 0.15) is 0 Å². The van der Waals surface area contributed by atoms with Gasteiger partial charge in [0.15, 0.2) is 0 Å². The Hall–Kier alpha value is -2.25. The van der Waals surface area contributed by atoms with E-state index in [0.29, 0.717) is 11.1 Å². The fraction of sp³-hybridized carbons (Fsp3) is 0.278. The predicted octanol–water partition coefficient (Wildman–Crippen LogP) is 4.62. The molecular weight excluding hydrogens is 371 g/mol. The molecule has 0 radical (unpaired) electrons. The van der Waals surface area contributed by atoms with Crippen molar-refractivity contribution in [1.29, 1.82) is 0 Å². The van der Waals surface area contributed by atoms with Gasteiger partial charge in [0.25, 0.3) is 5.79 Å². The number of fused-ring (bicyclic) bond motifs is 3. The average molecular weight is 384 g/mol. The Labute approximate surface area is 151 Å². The van der Waals surface area contributed by atoms with E-state index >= 15 is 0 Å². The molecule has 1 aliphatic carbocycles. The molecule has 2 aliphatic rings. The number of esters is 1. The monoisotopic (exact) mass is 383 g/mol. The minimum Gasteiger partial charge on any atom is -0.422 e. The molecule has 1 aliphatic heterocycles. The van der Waals surface area contributed by atoms with Crippen LogP contribution in [0.4, 0.5) is 13.2 Å². The van der Waals surface area contributed by atoms with E-state index in [4.69, 9.17) is 21.1 Å². The van der Waals surface area contributed by atoms with Crippen molar-refractivity contribution in [2.45, 2.75) is 25.3 Å². The van der Waals surface area contributed by atoms with Crippen LogP contribution in [0.3, 0.4) is 0 Å². The second kappa shape index (κ2) is 5.62. The SMILES string of the molecule is CC(=O)OC1(C2=CC=C2)OCCc2c1[nH]c1c(Cl)ccc(C(F)(F)F)c21. The number of aromatic amines is 1. The van der Waals surface area contributed by atoms with Crippen molar-refractivity contribution in [3.05, 3.63) is 57.8 Å². The van der Waals surface area contributed by atoms with Crippen LogP contribution in [-0.4, -0.2) is 17.6 Å². The van der Waals surface area contributed by atoms with Crippen molar-refractivity contribution >= 4 is 28.5 Å². The van der Waals surface area contributed by atoms with E-state index in [9.17, 15) is 18.0 Å². The van der Waals surface area contributed by atoms with Crippen molar-refractivity contribution < 1.29 is 27.4 Å².